The number of carboxylic acids is 1. The van der Waals surface area contributed by atoms with Crippen LogP contribution in [0.2, 0.25) is 0 Å². The van der Waals surface area contributed by atoms with Gasteiger partial charge in [-0.3, -0.25) is 58.1 Å². The smallest absolute Gasteiger partial charge is 0.326 e. The van der Waals surface area contributed by atoms with E-state index in [4.69, 9.17) is 40.1 Å². The molecule has 12 atom stereocenters. The summed E-state index contributed by atoms with van der Waals surface area (Å²) in [4.78, 5) is 159. The number of nitrogens with two attached hydrogens (primary N) is 7. The average molecular weight is 1300 g/mol. The summed E-state index contributed by atoms with van der Waals surface area (Å²) >= 11 is 1.27. The van der Waals surface area contributed by atoms with Gasteiger partial charge in [0.2, 0.25) is 53.2 Å². The molecule has 9 amide bonds. The molecule has 7 rings (SSSR count). The third-order valence-corrected chi connectivity index (χ3v) is 18.3. The van der Waals surface area contributed by atoms with Crippen LogP contribution in [0.25, 0.3) is 0 Å². The van der Waals surface area contributed by atoms with E-state index in [9.17, 15) is 58.5 Å². The molecule has 0 radical (unpaired) electrons. The number of aliphatic carboxylic acids is 1. The number of carboxylic acid groups (broad SMARTS) is 1. The number of amides is 9. The highest BCUT2D eigenvalue weighted by Crippen LogP contribution is 2.41. The lowest BCUT2D eigenvalue weighted by molar-refractivity contribution is -0.153. The minimum atomic E-state index is -1.66. The lowest BCUT2D eigenvalue weighted by atomic mass is 9.84. The second-order valence-corrected chi connectivity index (χ2v) is 25.0. The number of hydrogen-bond acceptors (Lipinski definition) is 17. The quantitative estimate of drug-likeness (QED) is 0.0198. The third kappa shape index (κ3) is 19.0. The number of β-amino-alcohol motifs (C(OH)–C–C–N with tert-alkyl or cyclic N) is 1. The molecule has 1 aromatic heterocycles. The minimum Gasteiger partial charge on any atom is -0.480 e. The lowest BCUT2D eigenvalue weighted by Crippen LogP contribution is -2.63. The molecule has 1 saturated carbocycles. The van der Waals surface area contributed by atoms with E-state index in [-0.39, 0.29) is 127 Å². The molecule has 1 aromatic carbocycles. The number of aliphatic imine (C=N–C) groups is 3. The molecule has 22 N–H and O–H groups in total. The fraction of sp³-hybridized carbons (Fsp3) is 0.610. The standard InChI is InChI=1S/C59H89N19O13S/c60-37(14-5-19-67-57(61)62)48(82)72-38(15-6-20-68-58(63)64)52(86)75-22-8-18-43(75)54(88)77-30-35(80)26-44(77)50(84)70-28-47(81)71-40(27-36-13-9-23-92-36)49(83)74-41(31-79)53(87)76-29-34-12-2-1-10-32(34)24-46(76)55(89)78-42-17-4-3-11-33(42)25-45(78)51(85)73-39(56(90)91)16-7-21-69-59(65)66/h1-2,9-10,12-13,23,33,35,37-46,79-80H,3-8,11,14-22,24-31,60H2,(H,70,84)(H,71,81)(H,72,82)(H,73,85)(H,74,83)(H,90,91)(H4,61,62,67)(H4,63,64,68)(H4,65,66,69)/t33-,35+,37+,38-,39-,40-,41-,42?,43-,44-,45-,46+/m0/s1. The summed E-state index contributed by atoms with van der Waals surface area (Å²) in [7, 11) is 0. The van der Waals surface area contributed by atoms with Crippen molar-refractivity contribution in [3.63, 3.8) is 0 Å². The molecule has 4 aliphatic heterocycles. The number of rotatable bonds is 30. The maximum Gasteiger partial charge on any atom is 0.326 e. The van der Waals surface area contributed by atoms with E-state index in [1.54, 1.807) is 35.7 Å². The van der Waals surface area contributed by atoms with Gasteiger partial charge in [0.15, 0.2) is 17.9 Å². The number of aliphatic hydroxyl groups excluding tert-OH is 2. The number of hydrogen-bond donors (Lipinski definition) is 15. The second kappa shape index (κ2) is 33.6. The molecule has 5 aliphatic rings. The predicted octanol–water partition coefficient (Wildman–Crippen LogP) is -5.02. The Labute approximate surface area is 536 Å². The summed E-state index contributed by atoms with van der Waals surface area (Å²) in [5.41, 5.74) is 40.3. The van der Waals surface area contributed by atoms with Crippen molar-refractivity contribution in [2.24, 2.45) is 61.0 Å². The zero-order valence-corrected chi connectivity index (χ0v) is 52.3. The molecule has 0 spiro atoms. The van der Waals surface area contributed by atoms with Gasteiger partial charge < -0.3 is 102 Å². The Morgan fingerprint density at radius 2 is 1.25 bits per heavy atom. The predicted molar refractivity (Wildman–Crippen MR) is 338 cm³/mol. The Hall–Kier alpha value is -8.69. The Balaban J connectivity index is 1.02. The van der Waals surface area contributed by atoms with Crippen molar-refractivity contribution in [1.82, 2.24) is 46.2 Å². The summed E-state index contributed by atoms with van der Waals surface area (Å²) < 4.78 is 0. The Morgan fingerprint density at radius 1 is 0.620 bits per heavy atom. The zero-order valence-electron chi connectivity index (χ0n) is 51.4. The molecule has 1 aliphatic carbocycles. The largest absolute Gasteiger partial charge is 0.480 e. The highest BCUT2D eigenvalue weighted by atomic mass is 32.1. The van der Waals surface area contributed by atoms with Crippen molar-refractivity contribution >= 4 is 88.3 Å². The number of nitrogens with zero attached hydrogens (tertiary/aromatic N) is 7. The topological polar surface area (TPSA) is 524 Å². The van der Waals surface area contributed by atoms with Gasteiger partial charge in [-0.15, -0.1) is 11.3 Å². The third-order valence-electron chi connectivity index (χ3n) is 17.4. The van der Waals surface area contributed by atoms with Crippen LogP contribution < -0.4 is 66.7 Å². The average Bonchev–Trinajstić information content (AvgIpc) is 1.50. The summed E-state index contributed by atoms with van der Waals surface area (Å²) in [6.07, 6.45) is 3.42. The van der Waals surface area contributed by atoms with Gasteiger partial charge >= 0.3 is 5.97 Å². The van der Waals surface area contributed by atoms with E-state index >= 15 is 4.79 Å². The van der Waals surface area contributed by atoms with Crippen molar-refractivity contribution in [2.75, 3.05) is 45.9 Å². The SMILES string of the molecule is NC(N)=NCCC[C@@H](N)C(=O)N[C@@H](CCCN=C(N)N)C(=O)N1CCC[C@H]1C(=O)N1C[C@H](O)C[C@H]1C(=O)NCC(=O)N[C@@H](Cc1cccs1)C(=O)N[C@@H](CO)C(=O)N1Cc2ccccc2C[C@@H]1C(=O)N1C2CCCC[C@H]2C[C@H]1C(=O)N[C@@H](CCCN=C(N)N)C(=O)O. The first-order valence-electron chi connectivity index (χ1n) is 31.2. The molecule has 2 aromatic rings. The van der Waals surface area contributed by atoms with E-state index in [1.165, 1.54) is 26.0 Å². The van der Waals surface area contributed by atoms with Gasteiger partial charge in [-0.2, -0.15) is 0 Å². The molecule has 504 valence electrons. The van der Waals surface area contributed by atoms with Gasteiger partial charge in [-0.1, -0.05) is 43.2 Å². The number of nitrogens with one attached hydrogen (secondary N) is 5. The van der Waals surface area contributed by atoms with Crippen LogP contribution in [0.4, 0.5) is 0 Å². The van der Waals surface area contributed by atoms with Crippen LogP contribution in [-0.2, 0) is 67.3 Å². The van der Waals surface area contributed by atoms with Crippen LogP contribution in [0.1, 0.15) is 106 Å². The van der Waals surface area contributed by atoms with Gasteiger partial charge in [-0.25, -0.2) is 4.79 Å². The van der Waals surface area contributed by atoms with E-state index < -0.39 is 139 Å². The van der Waals surface area contributed by atoms with Gasteiger partial charge in [0.25, 0.3) is 0 Å². The molecule has 1 unspecified atom stereocenters. The van der Waals surface area contributed by atoms with E-state index in [0.717, 1.165) is 29.7 Å². The van der Waals surface area contributed by atoms with Crippen molar-refractivity contribution < 1.29 is 63.3 Å². The van der Waals surface area contributed by atoms with Gasteiger partial charge in [0.05, 0.1) is 25.3 Å². The number of likely N-dealkylation sites (tertiary alicyclic amines) is 3. The van der Waals surface area contributed by atoms with Crippen molar-refractivity contribution in [2.45, 2.75) is 176 Å². The van der Waals surface area contributed by atoms with Crippen LogP contribution in [0.5, 0.6) is 0 Å². The Bertz CT molecular complexity index is 3050. The maximum absolute atomic E-state index is 15.3. The summed E-state index contributed by atoms with van der Waals surface area (Å²) in [6, 6.07) is -1.07. The van der Waals surface area contributed by atoms with Crippen molar-refractivity contribution in [3.05, 3.63) is 57.8 Å². The number of thiophene rings is 1. The number of guanidine groups is 3. The molecule has 0 bridgehead atoms. The number of carbonyl (C=O) groups is 10. The van der Waals surface area contributed by atoms with Gasteiger partial charge in [-0.05, 0) is 99.1 Å². The minimum absolute atomic E-state index is 0.00000960. The van der Waals surface area contributed by atoms with Crippen LogP contribution in [0.15, 0.2) is 56.8 Å². The summed E-state index contributed by atoms with van der Waals surface area (Å²) in [5, 5.41) is 46.8. The second-order valence-electron chi connectivity index (χ2n) is 23.9. The van der Waals surface area contributed by atoms with Crippen LogP contribution in [-0.4, -0.2) is 224 Å². The Morgan fingerprint density at radius 3 is 1.89 bits per heavy atom. The highest BCUT2D eigenvalue weighted by molar-refractivity contribution is 7.09. The molecule has 4 fully saturated rings. The number of benzene rings is 1. The fourth-order valence-corrected chi connectivity index (χ4v) is 13.6. The molecule has 32 nitrogen and oxygen atoms in total. The fourth-order valence-electron chi connectivity index (χ4n) is 12.9. The van der Waals surface area contributed by atoms with Crippen LogP contribution >= 0.6 is 11.3 Å². The summed E-state index contributed by atoms with van der Waals surface area (Å²) in [6.45, 7) is -1.46. The lowest BCUT2D eigenvalue weighted by Gasteiger charge is -2.42. The molecule has 5 heterocycles. The van der Waals surface area contributed by atoms with Crippen molar-refractivity contribution in [1.29, 1.82) is 0 Å². The van der Waals surface area contributed by atoms with Gasteiger partial charge in [0.1, 0.15) is 48.3 Å². The van der Waals surface area contributed by atoms with E-state index in [1.807, 2.05) is 6.07 Å². The molecule has 33 heteroatoms. The number of carbonyl (C=O) groups excluding carboxylic acids is 9. The van der Waals surface area contributed by atoms with E-state index in [2.05, 4.69) is 41.6 Å². The van der Waals surface area contributed by atoms with Crippen molar-refractivity contribution in [3.8, 4) is 0 Å². The van der Waals surface area contributed by atoms with E-state index in [0.29, 0.717) is 29.7 Å². The summed E-state index contributed by atoms with van der Waals surface area (Å²) in [5.74, 6) is -8.33. The van der Waals surface area contributed by atoms with Crippen LogP contribution in [0, 0.1) is 5.92 Å². The first-order valence-corrected chi connectivity index (χ1v) is 32.1. The Kier molecular flexibility index (Phi) is 25.8. The zero-order chi connectivity index (χ0) is 66.8. The normalized spacial score (nSPS) is 22.4. The number of aliphatic hydroxyl groups is 2. The monoisotopic (exact) mass is 1300 g/mol. The first-order chi connectivity index (χ1) is 43.9. The highest BCUT2D eigenvalue weighted by Gasteiger charge is 2.52. The number of fused-ring (bicyclic) bond motifs is 2. The maximum atomic E-state index is 15.3. The van der Waals surface area contributed by atoms with Gasteiger partial charge in [0, 0.05) is 69.4 Å². The van der Waals surface area contributed by atoms with Crippen LogP contribution in [0.3, 0.4) is 0 Å². The first kappa shape index (κ1) is 70.8. The molecular weight excluding hydrogens is 1210 g/mol. The molecular formula is C59H89N19O13S. The molecule has 92 heavy (non-hydrogen) atoms. The molecule has 3 saturated heterocycles.